The van der Waals surface area contributed by atoms with Crippen LogP contribution in [0.25, 0.3) is 5.76 Å². The standard InChI is InChI=1S/C41H51ClN6O10/c1-7-23-17-41(23,37(52)53)47-35(50)29-15-25(18-48(29)36(51)34(40(4,5)6)46-39(54)58-24-13-21-12-22(21)14-24)57-31-16-27(28-19-56-38(45-28)43-20(2)3)44-33-26(31)8-9-30(32(33)42)55-11-10-49/h7-10,16,19-25,27,29,34,44H,1,11-15,17-18H2,2-6H3,(H,43,45)(H,46,54)(H,47,50)(H,52,53)/t21-,22+,23-,24+,25-,27?,29+,34-,41?/m1/s1. The van der Waals surface area contributed by atoms with E-state index < -0.39 is 65.0 Å². The fourth-order valence-corrected chi connectivity index (χ4v) is 8.60. The van der Waals surface area contributed by atoms with Crippen molar-refractivity contribution >= 4 is 59.2 Å². The fourth-order valence-electron chi connectivity index (χ4n) is 8.33. The number of nitrogens with one attached hydrogen (secondary N) is 4. The van der Waals surface area contributed by atoms with E-state index in [0.29, 0.717) is 46.8 Å². The molecule has 58 heavy (non-hydrogen) atoms. The van der Waals surface area contributed by atoms with Crippen LogP contribution in [0.3, 0.4) is 0 Å². The third kappa shape index (κ3) is 8.34. The van der Waals surface area contributed by atoms with Crippen molar-refractivity contribution in [2.24, 2.45) is 23.2 Å². The molecule has 5 aliphatic rings. The van der Waals surface area contributed by atoms with Crippen LogP contribution in [-0.4, -0.2) is 94.2 Å². The number of aromatic nitrogens is 1. The summed E-state index contributed by atoms with van der Waals surface area (Å²) in [5.41, 5.74) is -0.910. The van der Waals surface area contributed by atoms with E-state index in [4.69, 9.17) is 30.2 Å². The summed E-state index contributed by atoms with van der Waals surface area (Å²) >= 11 is 6.85. The Morgan fingerprint density at radius 2 is 1.90 bits per heavy atom. The number of carboxylic acid groups (broad SMARTS) is 1. The van der Waals surface area contributed by atoms with Gasteiger partial charge in [0.15, 0.2) is 6.29 Å². The van der Waals surface area contributed by atoms with E-state index in [-0.39, 0.29) is 48.9 Å². The van der Waals surface area contributed by atoms with Gasteiger partial charge in [0.1, 0.15) is 64.9 Å². The van der Waals surface area contributed by atoms with Gasteiger partial charge in [0.25, 0.3) is 6.01 Å². The number of carboxylic acids is 1. The van der Waals surface area contributed by atoms with E-state index in [9.17, 15) is 29.1 Å². The molecule has 17 heteroatoms. The van der Waals surface area contributed by atoms with Gasteiger partial charge in [0.2, 0.25) is 11.8 Å². The number of fused-ring (bicyclic) bond motifs is 2. The molecule has 1 aromatic heterocycles. The van der Waals surface area contributed by atoms with Crippen molar-refractivity contribution in [3.05, 3.63) is 53.4 Å². The second kappa shape index (κ2) is 15.8. The molecule has 312 valence electrons. The quantitative estimate of drug-likeness (QED) is 0.114. The first-order valence-corrected chi connectivity index (χ1v) is 20.1. The van der Waals surface area contributed by atoms with Crippen molar-refractivity contribution in [2.75, 3.05) is 23.8 Å². The molecule has 2 aliphatic heterocycles. The summed E-state index contributed by atoms with van der Waals surface area (Å²) in [6.07, 6.45) is 6.57. The molecule has 3 heterocycles. The van der Waals surface area contributed by atoms with Crippen LogP contribution in [-0.2, 0) is 28.7 Å². The van der Waals surface area contributed by atoms with Crippen molar-refractivity contribution in [3.8, 4) is 5.75 Å². The van der Waals surface area contributed by atoms with Gasteiger partial charge in [-0.2, -0.15) is 4.98 Å². The zero-order valence-corrected chi connectivity index (χ0v) is 34.0. The van der Waals surface area contributed by atoms with E-state index in [2.05, 4.69) is 32.8 Å². The molecule has 1 aromatic carbocycles. The molecule has 0 radical (unpaired) electrons. The Kier molecular flexibility index (Phi) is 11.2. The predicted octanol–water partition coefficient (Wildman–Crippen LogP) is 5.30. The highest BCUT2D eigenvalue weighted by Crippen LogP contribution is 2.52. The van der Waals surface area contributed by atoms with Crippen LogP contribution in [0.4, 0.5) is 16.5 Å². The molecule has 2 aromatic rings. The smallest absolute Gasteiger partial charge is 0.408 e. The normalized spacial score (nSPS) is 28.5. The molecule has 5 N–H and O–H groups in total. The predicted molar refractivity (Wildman–Crippen MR) is 212 cm³/mol. The lowest BCUT2D eigenvalue weighted by Crippen LogP contribution is -2.59. The number of anilines is 2. The zero-order valence-electron chi connectivity index (χ0n) is 33.2. The van der Waals surface area contributed by atoms with Gasteiger partial charge in [-0.15, -0.1) is 6.58 Å². The molecule has 0 bridgehead atoms. The number of hydrogen-bond donors (Lipinski definition) is 5. The molecule has 16 nitrogen and oxygen atoms in total. The summed E-state index contributed by atoms with van der Waals surface area (Å²) in [4.78, 5) is 71.6. The largest absolute Gasteiger partial charge is 0.488 e. The van der Waals surface area contributed by atoms with Crippen LogP contribution < -0.4 is 26.0 Å². The third-order valence-electron chi connectivity index (χ3n) is 11.6. The number of aliphatic carboxylic acids is 1. The number of nitrogens with zero attached hydrogens (tertiary/aromatic N) is 2. The molecule has 3 saturated carbocycles. The molecule has 3 amide bonds. The van der Waals surface area contributed by atoms with Crippen LogP contribution in [0.2, 0.25) is 5.02 Å². The van der Waals surface area contributed by atoms with Crippen molar-refractivity contribution < 1.29 is 47.7 Å². The van der Waals surface area contributed by atoms with Crippen molar-refractivity contribution in [2.45, 2.75) is 109 Å². The van der Waals surface area contributed by atoms with Crippen LogP contribution in [0.1, 0.15) is 84.0 Å². The number of aldehydes is 1. The van der Waals surface area contributed by atoms with Crippen molar-refractivity contribution in [1.29, 1.82) is 0 Å². The van der Waals surface area contributed by atoms with Gasteiger partial charge in [0, 0.05) is 23.9 Å². The maximum atomic E-state index is 14.7. The second-order valence-corrected chi connectivity index (χ2v) is 17.7. The molecule has 7 rings (SSSR count). The number of rotatable bonds is 15. The number of carbonyl (C=O) groups is 5. The number of halogens is 1. The number of alkyl carbamates (subject to hydrolysis) is 1. The SMILES string of the molecule is C=C[C@@H]1CC1(NC(=O)[C@@H]1C[C@@H](OC2=CC(c3coc(NC(C)C)n3)Nc3c2ccc(OCC=O)c3Cl)CN1C(=O)[C@@H](NC(=O)O[C@@H]1C[C@@H]2C[C@@H]2C1)C(C)(C)C)C(=O)O. The van der Waals surface area contributed by atoms with Gasteiger partial charge in [-0.1, -0.05) is 38.4 Å². The Labute approximate surface area is 341 Å². The maximum Gasteiger partial charge on any atom is 0.408 e. The van der Waals surface area contributed by atoms with Crippen LogP contribution in [0.5, 0.6) is 5.75 Å². The molecule has 2 unspecified atom stereocenters. The van der Waals surface area contributed by atoms with E-state index >= 15 is 0 Å². The highest BCUT2D eigenvalue weighted by atomic mass is 35.5. The number of benzene rings is 1. The maximum absolute atomic E-state index is 14.7. The summed E-state index contributed by atoms with van der Waals surface area (Å²) in [5, 5.41) is 22.3. The topological polar surface area (TPSA) is 211 Å². The van der Waals surface area contributed by atoms with Crippen LogP contribution in [0.15, 0.2) is 41.5 Å². The summed E-state index contributed by atoms with van der Waals surface area (Å²) in [6, 6.07) is 0.785. The lowest BCUT2D eigenvalue weighted by molar-refractivity contribution is -0.146. The van der Waals surface area contributed by atoms with Gasteiger partial charge in [0.05, 0.1) is 18.3 Å². The average molecular weight is 823 g/mol. The molecule has 0 spiro atoms. The number of oxazole rings is 1. The van der Waals surface area contributed by atoms with E-state index in [1.54, 1.807) is 39.0 Å². The molecular formula is C41H51ClN6O10. The minimum absolute atomic E-state index is 0.0103. The second-order valence-electron chi connectivity index (χ2n) is 17.3. The first kappa shape index (κ1) is 40.9. The monoisotopic (exact) mass is 822 g/mol. The van der Waals surface area contributed by atoms with Crippen LogP contribution in [0, 0.1) is 23.2 Å². The Morgan fingerprint density at radius 3 is 2.53 bits per heavy atom. The summed E-state index contributed by atoms with van der Waals surface area (Å²) in [6.45, 7) is 12.7. The van der Waals surface area contributed by atoms with E-state index in [0.717, 1.165) is 19.3 Å². The van der Waals surface area contributed by atoms with Gasteiger partial charge in [-0.3, -0.25) is 14.4 Å². The number of carbonyl (C=O) groups excluding carboxylic acids is 4. The molecule has 3 aliphatic carbocycles. The first-order chi connectivity index (χ1) is 27.5. The van der Waals surface area contributed by atoms with Gasteiger partial charge in [-0.05, 0) is 75.0 Å². The number of hydrogen-bond acceptors (Lipinski definition) is 12. The Balaban J connectivity index is 1.18. The van der Waals surface area contributed by atoms with Gasteiger partial charge < -0.3 is 49.9 Å². The van der Waals surface area contributed by atoms with Gasteiger partial charge in [-0.25, -0.2) is 9.59 Å². The number of likely N-dealkylation sites (tertiary alicyclic amines) is 1. The molecular weight excluding hydrogens is 772 g/mol. The lowest BCUT2D eigenvalue weighted by atomic mass is 9.85. The highest BCUT2D eigenvalue weighted by molar-refractivity contribution is 6.35. The first-order valence-electron chi connectivity index (χ1n) is 19.7. The summed E-state index contributed by atoms with van der Waals surface area (Å²) in [5.74, 6) is -1.13. The highest BCUT2D eigenvalue weighted by Gasteiger charge is 2.61. The zero-order chi connectivity index (χ0) is 41.7. The molecule has 1 saturated heterocycles. The summed E-state index contributed by atoms with van der Waals surface area (Å²) < 4.78 is 23.7. The summed E-state index contributed by atoms with van der Waals surface area (Å²) in [7, 11) is 0. The average Bonchev–Trinajstić information content (AvgIpc) is 3.83. The lowest BCUT2D eigenvalue weighted by Gasteiger charge is -2.35. The number of amides is 3. The van der Waals surface area contributed by atoms with Crippen molar-refractivity contribution in [3.63, 3.8) is 0 Å². The minimum Gasteiger partial charge on any atom is -0.488 e. The Morgan fingerprint density at radius 1 is 1.16 bits per heavy atom. The van der Waals surface area contributed by atoms with Crippen LogP contribution >= 0.6 is 11.6 Å². The Hall–Kier alpha value is -5.25. The van der Waals surface area contributed by atoms with Gasteiger partial charge >= 0.3 is 12.1 Å². The molecule has 4 fully saturated rings. The van der Waals surface area contributed by atoms with E-state index in [1.165, 1.54) is 17.2 Å². The third-order valence-corrected chi connectivity index (χ3v) is 11.9. The van der Waals surface area contributed by atoms with E-state index in [1.807, 2.05) is 13.8 Å². The van der Waals surface area contributed by atoms with Crippen molar-refractivity contribution in [1.82, 2.24) is 20.5 Å². The number of ether oxygens (including phenoxy) is 3. The fraction of sp³-hybridized carbons (Fsp3) is 0.561. The molecule has 9 atom stereocenters. The minimum atomic E-state index is -1.55. The Bertz CT molecular complexity index is 2000.